The molecule has 0 bridgehead atoms. The normalized spacial score (nSPS) is 13.4. The maximum atomic E-state index is 5.52. The fourth-order valence-electron chi connectivity index (χ4n) is 1.89. The maximum Gasteiger partial charge on any atom is 0.159 e. The molecule has 0 aliphatic heterocycles. The summed E-state index contributed by atoms with van der Waals surface area (Å²) in [6.07, 6.45) is 1.91. The Kier molecular flexibility index (Phi) is 5.74. The van der Waals surface area contributed by atoms with Gasteiger partial charge in [0.25, 0.3) is 0 Å². The predicted molar refractivity (Wildman–Crippen MR) is 82.6 cm³/mol. The molecule has 1 N–H and O–H groups in total. The number of nitrogens with one attached hydrogen (secondary N) is 1. The number of anilines is 1. The van der Waals surface area contributed by atoms with E-state index in [9.17, 15) is 0 Å². The van der Waals surface area contributed by atoms with Crippen molar-refractivity contribution in [2.75, 3.05) is 19.5 Å². The number of ether oxygens (including phenoxy) is 1. The Labute approximate surface area is 124 Å². The highest BCUT2D eigenvalue weighted by Crippen LogP contribution is 2.34. The van der Waals surface area contributed by atoms with Crippen molar-refractivity contribution >= 4 is 21.7 Å². The van der Waals surface area contributed by atoms with Gasteiger partial charge in [-0.1, -0.05) is 34.1 Å². The number of aromatic nitrogens is 2. The molecule has 5 heteroatoms. The standard InChI is InChI=1S/C14H24BrN3O/c1-7-8-9(19-6)12-17-11(14(2,3)4)10(15)13(16-5)18-12/h9H,7-8H2,1-6H3,(H,16,17,18). The van der Waals surface area contributed by atoms with Gasteiger partial charge in [0.1, 0.15) is 11.9 Å². The second kappa shape index (κ2) is 6.66. The molecule has 0 aliphatic rings. The maximum absolute atomic E-state index is 5.52. The van der Waals surface area contributed by atoms with E-state index in [0.29, 0.717) is 0 Å². The average molecular weight is 330 g/mol. The third-order valence-electron chi connectivity index (χ3n) is 2.94. The van der Waals surface area contributed by atoms with Crippen LogP contribution in [0.25, 0.3) is 0 Å². The van der Waals surface area contributed by atoms with Crippen molar-refractivity contribution in [3.8, 4) is 0 Å². The molecule has 1 rings (SSSR count). The summed E-state index contributed by atoms with van der Waals surface area (Å²) >= 11 is 3.59. The number of nitrogens with zero attached hydrogens (tertiary/aromatic N) is 2. The van der Waals surface area contributed by atoms with Gasteiger partial charge < -0.3 is 10.1 Å². The molecule has 0 amide bonds. The lowest BCUT2D eigenvalue weighted by Gasteiger charge is -2.23. The molecule has 1 unspecified atom stereocenters. The largest absolute Gasteiger partial charge is 0.373 e. The SMILES string of the molecule is CCCC(OC)c1nc(NC)c(Br)c(C(C)(C)C)n1. The number of rotatable bonds is 5. The van der Waals surface area contributed by atoms with Crippen LogP contribution in [0.3, 0.4) is 0 Å². The van der Waals surface area contributed by atoms with Crippen LogP contribution in [-0.4, -0.2) is 24.1 Å². The molecule has 108 valence electrons. The first-order chi connectivity index (χ1) is 8.85. The molecule has 1 aromatic heterocycles. The molecule has 1 heterocycles. The molecule has 0 saturated carbocycles. The van der Waals surface area contributed by atoms with Gasteiger partial charge in [-0.25, -0.2) is 9.97 Å². The lowest BCUT2D eigenvalue weighted by atomic mass is 9.91. The second-order valence-electron chi connectivity index (χ2n) is 5.61. The fourth-order valence-corrected chi connectivity index (χ4v) is 2.86. The van der Waals surface area contributed by atoms with Gasteiger partial charge >= 0.3 is 0 Å². The van der Waals surface area contributed by atoms with E-state index in [-0.39, 0.29) is 11.5 Å². The van der Waals surface area contributed by atoms with E-state index in [1.807, 2.05) is 7.05 Å². The number of hydrogen-bond acceptors (Lipinski definition) is 4. The number of halogens is 1. The zero-order valence-corrected chi connectivity index (χ0v) is 14.3. The van der Waals surface area contributed by atoms with Crippen molar-refractivity contribution in [1.29, 1.82) is 0 Å². The van der Waals surface area contributed by atoms with E-state index in [1.165, 1.54) is 0 Å². The van der Waals surface area contributed by atoms with Crippen LogP contribution in [0.1, 0.15) is 58.2 Å². The molecule has 1 aromatic rings. The zero-order valence-electron chi connectivity index (χ0n) is 12.7. The van der Waals surface area contributed by atoms with Gasteiger partial charge in [0, 0.05) is 19.6 Å². The molecule has 0 aliphatic carbocycles. The zero-order chi connectivity index (χ0) is 14.6. The van der Waals surface area contributed by atoms with Crippen LogP contribution in [0.2, 0.25) is 0 Å². The second-order valence-corrected chi connectivity index (χ2v) is 6.40. The van der Waals surface area contributed by atoms with E-state index in [4.69, 9.17) is 9.72 Å². The molecular formula is C14H24BrN3O. The molecular weight excluding hydrogens is 306 g/mol. The summed E-state index contributed by atoms with van der Waals surface area (Å²) in [5.41, 5.74) is 0.951. The van der Waals surface area contributed by atoms with Crippen LogP contribution in [-0.2, 0) is 10.2 Å². The molecule has 4 nitrogen and oxygen atoms in total. The minimum atomic E-state index is -0.0497. The Bertz CT molecular complexity index is 429. The molecule has 0 fully saturated rings. The molecule has 0 aromatic carbocycles. The van der Waals surface area contributed by atoms with Gasteiger partial charge in [-0.3, -0.25) is 0 Å². The topological polar surface area (TPSA) is 47.0 Å². The third-order valence-corrected chi connectivity index (χ3v) is 3.69. The lowest BCUT2D eigenvalue weighted by Crippen LogP contribution is -2.19. The highest BCUT2D eigenvalue weighted by molar-refractivity contribution is 9.10. The Morgan fingerprint density at radius 2 is 1.95 bits per heavy atom. The van der Waals surface area contributed by atoms with Gasteiger partial charge in [0.15, 0.2) is 5.82 Å². The van der Waals surface area contributed by atoms with E-state index in [2.05, 4.69) is 53.9 Å². The van der Waals surface area contributed by atoms with Crippen molar-refractivity contribution in [3.05, 3.63) is 16.0 Å². The Morgan fingerprint density at radius 3 is 2.37 bits per heavy atom. The minimum Gasteiger partial charge on any atom is -0.373 e. The van der Waals surface area contributed by atoms with Crippen LogP contribution in [0.5, 0.6) is 0 Å². The van der Waals surface area contributed by atoms with Gasteiger partial charge in [0.05, 0.1) is 10.2 Å². The highest BCUT2D eigenvalue weighted by atomic mass is 79.9. The van der Waals surface area contributed by atoms with Crippen LogP contribution >= 0.6 is 15.9 Å². The molecule has 0 radical (unpaired) electrons. The molecule has 0 spiro atoms. The van der Waals surface area contributed by atoms with E-state index < -0.39 is 0 Å². The summed E-state index contributed by atoms with van der Waals surface area (Å²) in [6, 6.07) is 0. The van der Waals surface area contributed by atoms with E-state index >= 15 is 0 Å². The van der Waals surface area contributed by atoms with Crippen molar-refractivity contribution < 1.29 is 4.74 Å². The van der Waals surface area contributed by atoms with Crippen molar-refractivity contribution in [2.45, 2.75) is 52.1 Å². The van der Waals surface area contributed by atoms with Crippen LogP contribution in [0, 0.1) is 0 Å². The molecule has 19 heavy (non-hydrogen) atoms. The smallest absolute Gasteiger partial charge is 0.159 e. The number of methoxy groups -OCH3 is 1. The van der Waals surface area contributed by atoms with Crippen molar-refractivity contribution in [3.63, 3.8) is 0 Å². The summed E-state index contributed by atoms with van der Waals surface area (Å²) in [6.45, 7) is 8.56. The first-order valence-corrected chi connectivity index (χ1v) is 7.42. The third kappa shape index (κ3) is 3.89. The van der Waals surface area contributed by atoms with Crippen molar-refractivity contribution in [2.24, 2.45) is 0 Å². The van der Waals surface area contributed by atoms with Crippen LogP contribution in [0.15, 0.2) is 4.47 Å². The van der Waals surface area contributed by atoms with Crippen LogP contribution in [0.4, 0.5) is 5.82 Å². The van der Waals surface area contributed by atoms with Crippen molar-refractivity contribution in [1.82, 2.24) is 9.97 Å². The quantitative estimate of drug-likeness (QED) is 0.884. The summed E-state index contributed by atoms with van der Waals surface area (Å²) in [5.74, 6) is 1.56. The van der Waals surface area contributed by atoms with E-state index in [0.717, 1.165) is 34.7 Å². The average Bonchev–Trinajstić information content (AvgIpc) is 2.35. The Balaban J connectivity index is 3.34. The van der Waals surface area contributed by atoms with Gasteiger partial charge in [-0.05, 0) is 22.4 Å². The minimum absolute atomic E-state index is 0.0490. The van der Waals surface area contributed by atoms with Gasteiger partial charge in [0.2, 0.25) is 0 Å². The first-order valence-electron chi connectivity index (χ1n) is 6.63. The predicted octanol–water partition coefficient (Wildman–Crippen LogP) is 4.07. The summed E-state index contributed by atoms with van der Waals surface area (Å²) in [5, 5.41) is 3.12. The van der Waals surface area contributed by atoms with Crippen LogP contribution < -0.4 is 5.32 Å². The summed E-state index contributed by atoms with van der Waals surface area (Å²) < 4.78 is 6.44. The number of hydrogen-bond donors (Lipinski definition) is 1. The Hall–Kier alpha value is -0.680. The fraction of sp³-hybridized carbons (Fsp3) is 0.714. The highest BCUT2D eigenvalue weighted by Gasteiger charge is 2.25. The molecule has 0 saturated heterocycles. The van der Waals surface area contributed by atoms with Gasteiger partial charge in [-0.2, -0.15) is 0 Å². The Morgan fingerprint density at radius 1 is 1.32 bits per heavy atom. The van der Waals surface area contributed by atoms with Gasteiger partial charge in [-0.15, -0.1) is 0 Å². The molecule has 1 atom stereocenters. The summed E-state index contributed by atoms with van der Waals surface area (Å²) in [4.78, 5) is 9.28. The first kappa shape index (κ1) is 16.4. The van der Waals surface area contributed by atoms with E-state index in [1.54, 1.807) is 7.11 Å². The monoisotopic (exact) mass is 329 g/mol. The summed E-state index contributed by atoms with van der Waals surface area (Å²) in [7, 11) is 3.58. The lowest BCUT2D eigenvalue weighted by molar-refractivity contribution is 0.0873.